The number of rotatable bonds is 13. The summed E-state index contributed by atoms with van der Waals surface area (Å²) in [6.07, 6.45) is 1.30. The number of aromatic nitrogens is 6. The maximum absolute atomic E-state index is 14.3. The van der Waals surface area contributed by atoms with Crippen LogP contribution in [0.2, 0.25) is 15.1 Å². The number of nitrogens with zero attached hydrogens (tertiary/aromatic N) is 7. The number of anilines is 1. The average molecular weight is 991 g/mol. The minimum Gasteiger partial charge on any atom is -0.481 e. The molecule has 0 spiro atoms. The molecule has 0 amide bonds. The van der Waals surface area contributed by atoms with Gasteiger partial charge in [-0.25, -0.2) is 14.1 Å². The molecule has 21 nitrogen and oxygen atoms in total. The van der Waals surface area contributed by atoms with Crippen molar-refractivity contribution in [3.8, 4) is 11.8 Å². The molecule has 0 saturated carbocycles. The summed E-state index contributed by atoms with van der Waals surface area (Å²) in [5.41, 5.74) is 0.786. The zero-order valence-corrected chi connectivity index (χ0v) is 37.8. The third-order valence-electron chi connectivity index (χ3n) is 7.69. The normalized spacial score (nSPS) is 12.7. The molecule has 0 bridgehead atoms. The lowest BCUT2D eigenvalue weighted by molar-refractivity contribution is -0.137. The quantitative estimate of drug-likeness (QED) is 0.0629. The highest BCUT2D eigenvalue weighted by atomic mass is 35.5. The van der Waals surface area contributed by atoms with Crippen LogP contribution in [-0.4, -0.2) is 104 Å². The molecule has 0 atom stereocenters. The molecule has 0 fully saturated rings. The van der Waals surface area contributed by atoms with Gasteiger partial charge in [-0.15, -0.1) is 16.9 Å². The first kappa shape index (κ1) is 49.4. The second kappa shape index (κ2) is 21.7. The standard InChI is InChI=1S/C15H15ClFN3O3S2.C14H13Cl2N5O4S.C3H8NO5P/c1-23-13(21)8-24-12-7-11(10(17)6-9(12)16)18-14-19-4-2-3-5-20(19)15(22)25-14;1-7-4-5-8(15)12(11(7)16)20-26(22,23)14-18-13-17-9(24-2)6-10(25-3)21(13)19-14;5-3(6)1-4-2-10(7,8)9/h6-7H,2-5,8H2,1H3;4-6,20H,1-3H3;4H,1-2H2,(H,5,6)(H2,7,8,9). The molecule has 4 heterocycles. The Morgan fingerprint density at radius 2 is 1.74 bits per heavy atom. The van der Waals surface area contributed by atoms with Crippen LogP contribution in [0, 0.1) is 12.7 Å². The van der Waals surface area contributed by atoms with Gasteiger partial charge in [-0.2, -0.15) is 22.9 Å². The maximum Gasteiger partial charge on any atom is 0.339 e. The van der Waals surface area contributed by atoms with Gasteiger partial charge < -0.3 is 29.1 Å². The Morgan fingerprint density at radius 1 is 1.05 bits per heavy atom. The average Bonchev–Trinajstić information content (AvgIpc) is 3.79. The summed E-state index contributed by atoms with van der Waals surface area (Å²) in [4.78, 5) is 62.6. The summed E-state index contributed by atoms with van der Waals surface area (Å²) in [5.74, 6) is -1.68. The van der Waals surface area contributed by atoms with E-state index < -0.39 is 53.4 Å². The third kappa shape index (κ3) is 13.6. The van der Waals surface area contributed by atoms with Crippen molar-refractivity contribution in [3.05, 3.63) is 71.2 Å². The molecule has 0 radical (unpaired) electrons. The van der Waals surface area contributed by atoms with E-state index in [0.717, 1.165) is 46.5 Å². The third-order valence-corrected chi connectivity index (χ3v) is 12.6. The molecule has 1 aliphatic rings. The summed E-state index contributed by atoms with van der Waals surface area (Å²) < 4.78 is 71.3. The van der Waals surface area contributed by atoms with Crippen molar-refractivity contribution in [1.29, 1.82) is 0 Å². The van der Waals surface area contributed by atoms with Crippen molar-refractivity contribution in [1.82, 2.24) is 34.3 Å². The number of hydrogen-bond acceptors (Lipinski definition) is 16. The number of carbonyl (C=O) groups excluding carboxylic acids is 1. The second-order valence-corrected chi connectivity index (χ2v) is 18.4. The monoisotopic (exact) mass is 989 g/mol. The summed E-state index contributed by atoms with van der Waals surface area (Å²) in [7, 11) is -4.17. The highest BCUT2D eigenvalue weighted by molar-refractivity contribution is 8.00. The van der Waals surface area contributed by atoms with E-state index in [9.17, 15) is 31.8 Å². The molecule has 3 aromatic heterocycles. The Bertz CT molecular complexity index is 2710. The minimum atomic E-state index is -4.18. The molecule has 29 heteroatoms. The van der Waals surface area contributed by atoms with Crippen molar-refractivity contribution >= 4 is 105 Å². The number of nitrogens with one attached hydrogen (secondary N) is 2. The lowest BCUT2D eigenvalue weighted by Gasteiger charge is -2.15. The van der Waals surface area contributed by atoms with E-state index in [1.807, 2.05) is 0 Å². The number of sulfonamides is 1. The van der Waals surface area contributed by atoms with E-state index in [1.165, 1.54) is 39.5 Å². The van der Waals surface area contributed by atoms with Gasteiger partial charge in [-0.05, 0) is 54.9 Å². The van der Waals surface area contributed by atoms with Crippen LogP contribution in [0.25, 0.3) is 5.78 Å². The number of carboxylic acid groups (broad SMARTS) is 1. The molecule has 6 rings (SSSR count). The number of fused-ring (bicyclic) bond motifs is 2. The molecule has 0 saturated heterocycles. The number of methoxy groups -OCH3 is 3. The van der Waals surface area contributed by atoms with Gasteiger partial charge >= 0.3 is 24.4 Å². The number of carbonyl (C=O) groups is 2. The van der Waals surface area contributed by atoms with Crippen LogP contribution in [0.4, 0.5) is 15.8 Å². The number of hydrogen-bond donors (Lipinski definition) is 5. The molecule has 5 N–H and O–H groups in total. The summed E-state index contributed by atoms with van der Waals surface area (Å²) in [6.45, 7) is 2.61. The molecule has 61 heavy (non-hydrogen) atoms. The first-order valence-electron chi connectivity index (χ1n) is 17.0. The molecule has 0 unspecified atom stereocenters. The zero-order chi connectivity index (χ0) is 45.2. The van der Waals surface area contributed by atoms with E-state index >= 15 is 0 Å². The van der Waals surface area contributed by atoms with Crippen molar-refractivity contribution in [2.24, 2.45) is 4.99 Å². The van der Waals surface area contributed by atoms with Crippen molar-refractivity contribution in [2.45, 2.75) is 42.9 Å². The van der Waals surface area contributed by atoms with Crippen LogP contribution >= 0.6 is 65.5 Å². The van der Waals surface area contributed by atoms with E-state index in [0.29, 0.717) is 28.3 Å². The molecule has 1 aliphatic heterocycles. The Kier molecular flexibility index (Phi) is 17.5. The Hall–Kier alpha value is -4.30. The largest absolute Gasteiger partial charge is 0.481 e. The van der Waals surface area contributed by atoms with Gasteiger partial charge in [0.05, 0.1) is 66.7 Å². The molecule has 332 valence electrons. The van der Waals surface area contributed by atoms with Crippen LogP contribution in [-0.2, 0) is 42.0 Å². The number of aliphatic carboxylic acids is 1. The molecule has 2 aromatic carbocycles. The van der Waals surface area contributed by atoms with E-state index in [1.54, 1.807) is 22.4 Å². The fourth-order valence-electron chi connectivity index (χ4n) is 4.84. The number of benzene rings is 2. The lowest BCUT2D eigenvalue weighted by Crippen LogP contribution is -2.31. The summed E-state index contributed by atoms with van der Waals surface area (Å²) in [6, 6.07) is 7.30. The van der Waals surface area contributed by atoms with Crippen LogP contribution in [0.15, 0.2) is 50.2 Å². The van der Waals surface area contributed by atoms with Gasteiger partial charge in [-0.3, -0.25) is 33.7 Å². The SMILES string of the molecule is COC(=O)CSc1cc(N=c2sc(=O)n3n2CCCC3)c(F)cc1Cl.COc1cc(OC)n2nc(S(=O)(=O)Nc3c(Cl)ccc(C)c3Cl)nc2n1.O=C(O)CNCP(=O)(O)O. The lowest BCUT2D eigenvalue weighted by atomic mass is 10.2. The summed E-state index contributed by atoms with van der Waals surface area (Å²) >= 11 is 20.4. The van der Waals surface area contributed by atoms with E-state index in [-0.39, 0.29) is 54.6 Å². The fraction of sp³-hybridized carbons (Fsp3) is 0.344. The van der Waals surface area contributed by atoms with Gasteiger partial charge in [0.15, 0.2) is 0 Å². The Morgan fingerprint density at radius 3 is 2.36 bits per heavy atom. The number of ether oxygens (including phenoxy) is 3. The van der Waals surface area contributed by atoms with E-state index in [2.05, 4.69) is 34.8 Å². The molecular weight excluding hydrogens is 955 g/mol. The first-order valence-corrected chi connectivity index (χ1v) is 23.2. The first-order chi connectivity index (χ1) is 28.7. The number of carboxylic acids is 1. The number of halogens is 4. The Balaban J connectivity index is 0.000000221. The fourth-order valence-corrected chi connectivity index (χ4v) is 8.77. The van der Waals surface area contributed by atoms with Crippen molar-refractivity contribution in [2.75, 3.05) is 44.6 Å². The second-order valence-electron chi connectivity index (χ2n) is 12.1. The van der Waals surface area contributed by atoms with Crippen LogP contribution in [0.5, 0.6) is 11.8 Å². The van der Waals surface area contributed by atoms with E-state index in [4.69, 9.17) is 59.2 Å². The van der Waals surface area contributed by atoms with Crippen molar-refractivity contribution in [3.63, 3.8) is 0 Å². The zero-order valence-electron chi connectivity index (χ0n) is 32.2. The van der Waals surface area contributed by atoms with Crippen LogP contribution in [0.3, 0.4) is 0 Å². The van der Waals surface area contributed by atoms with Gasteiger partial charge in [0.2, 0.25) is 16.6 Å². The van der Waals surface area contributed by atoms with Gasteiger partial charge in [0.1, 0.15) is 11.5 Å². The Labute approximate surface area is 368 Å². The highest BCUT2D eigenvalue weighted by Crippen LogP contribution is 2.35. The topological polar surface area (TPSA) is 280 Å². The van der Waals surface area contributed by atoms with Crippen LogP contribution in [0.1, 0.15) is 18.4 Å². The van der Waals surface area contributed by atoms with Crippen LogP contribution < -0.4 is 29.2 Å². The summed E-state index contributed by atoms with van der Waals surface area (Å²) in [5, 5.41) is 14.0. The van der Waals surface area contributed by atoms with Gasteiger partial charge in [0, 0.05) is 18.0 Å². The predicted molar refractivity (Wildman–Crippen MR) is 224 cm³/mol. The van der Waals surface area contributed by atoms with Crippen molar-refractivity contribution < 1.29 is 56.1 Å². The minimum absolute atomic E-state index is 0.0111. The van der Waals surface area contributed by atoms with Gasteiger partial charge in [-0.1, -0.05) is 40.9 Å². The highest BCUT2D eigenvalue weighted by Gasteiger charge is 2.25. The number of thioether (sulfide) groups is 1. The van der Waals surface area contributed by atoms with Gasteiger partial charge in [0.25, 0.3) is 21.0 Å². The number of esters is 1. The molecule has 0 aliphatic carbocycles. The number of aryl methyl sites for hydroxylation is 1. The molecular formula is C32H36Cl3FN9O12PS3. The maximum atomic E-state index is 14.3. The smallest absolute Gasteiger partial charge is 0.339 e. The predicted octanol–water partition coefficient (Wildman–Crippen LogP) is 4.15. The molecule has 5 aromatic rings.